The summed E-state index contributed by atoms with van der Waals surface area (Å²) in [5, 5.41) is 16.5. The van der Waals surface area contributed by atoms with Gasteiger partial charge in [-0.05, 0) is 56.3 Å². The molecule has 4 bridgehead atoms. The minimum Gasteiger partial charge on any atom is -0.381 e. The van der Waals surface area contributed by atoms with E-state index in [2.05, 4.69) is 16.3 Å². The number of nitrogens with one attached hydrogen (secondary N) is 1. The van der Waals surface area contributed by atoms with Crippen molar-refractivity contribution in [3.8, 4) is 6.07 Å². The van der Waals surface area contributed by atoms with Crippen LogP contribution in [0.1, 0.15) is 49.8 Å². The third kappa shape index (κ3) is 1.22. The van der Waals surface area contributed by atoms with E-state index >= 15 is 0 Å². The Balaban J connectivity index is 1.82. The molecule has 4 heteroatoms. The Hall–Kier alpha value is -1.50. The Morgan fingerprint density at radius 3 is 2.22 bits per heavy atom. The number of anilines is 1. The van der Waals surface area contributed by atoms with E-state index in [4.69, 9.17) is 5.73 Å². The number of aromatic nitrogens is 2. The van der Waals surface area contributed by atoms with Crippen LogP contribution in [0.3, 0.4) is 0 Å². The van der Waals surface area contributed by atoms with Gasteiger partial charge in [0.15, 0.2) is 5.82 Å². The highest BCUT2D eigenvalue weighted by Gasteiger charge is 2.53. The maximum Gasteiger partial charge on any atom is 0.163 e. The monoisotopic (exact) mass is 242 g/mol. The smallest absolute Gasteiger partial charge is 0.163 e. The molecule has 3 N–H and O–H groups in total. The molecular weight excluding hydrogens is 224 g/mol. The van der Waals surface area contributed by atoms with Gasteiger partial charge in [0.05, 0.1) is 5.69 Å². The van der Waals surface area contributed by atoms with Gasteiger partial charge in [0, 0.05) is 5.41 Å². The number of H-pyrrole nitrogens is 1. The standard InChI is InChI=1S/C14H18N4/c15-7-11-12(17-18-13(11)16)14-4-8-1-9(5-14)3-10(2-8)6-14/h8-10H,1-6H2,(H3,16,17,18). The third-order valence-corrected chi connectivity index (χ3v) is 5.47. The first kappa shape index (κ1) is 10.4. The second kappa shape index (κ2) is 3.28. The summed E-state index contributed by atoms with van der Waals surface area (Å²) in [6, 6.07) is 2.25. The van der Waals surface area contributed by atoms with E-state index in [0.29, 0.717) is 11.4 Å². The van der Waals surface area contributed by atoms with Gasteiger partial charge in [0.25, 0.3) is 0 Å². The summed E-state index contributed by atoms with van der Waals surface area (Å²) in [6.07, 6.45) is 7.92. The lowest BCUT2D eigenvalue weighted by molar-refractivity contribution is -0.00733. The predicted molar refractivity (Wildman–Crippen MR) is 67.6 cm³/mol. The number of nitrogens with zero attached hydrogens (tertiary/aromatic N) is 2. The SMILES string of the molecule is N#Cc1c(N)n[nH]c1C12CC3CC(CC(C3)C1)C2. The maximum atomic E-state index is 9.30. The minimum absolute atomic E-state index is 0.185. The second-order valence-corrected chi connectivity index (χ2v) is 6.67. The van der Waals surface area contributed by atoms with E-state index in [1.807, 2.05) is 0 Å². The molecule has 0 atom stereocenters. The average Bonchev–Trinajstić information content (AvgIpc) is 2.69. The Morgan fingerprint density at radius 2 is 1.72 bits per heavy atom. The zero-order valence-electron chi connectivity index (χ0n) is 10.4. The van der Waals surface area contributed by atoms with Crippen LogP contribution in [0.4, 0.5) is 5.82 Å². The molecule has 0 amide bonds. The number of hydrogen-bond acceptors (Lipinski definition) is 3. The summed E-state index contributed by atoms with van der Waals surface area (Å²) in [7, 11) is 0. The molecule has 4 aliphatic rings. The fourth-order valence-corrected chi connectivity index (χ4v) is 5.27. The van der Waals surface area contributed by atoms with E-state index in [1.54, 1.807) is 0 Å². The molecule has 4 fully saturated rings. The van der Waals surface area contributed by atoms with Crippen LogP contribution < -0.4 is 5.73 Å². The quantitative estimate of drug-likeness (QED) is 0.793. The summed E-state index contributed by atoms with van der Waals surface area (Å²) in [6.45, 7) is 0. The van der Waals surface area contributed by atoms with Crippen molar-refractivity contribution >= 4 is 5.82 Å². The molecule has 1 aromatic rings. The normalized spacial score (nSPS) is 40.9. The predicted octanol–water partition coefficient (Wildman–Crippen LogP) is 2.33. The van der Waals surface area contributed by atoms with Crippen molar-refractivity contribution in [2.24, 2.45) is 17.8 Å². The molecule has 4 aliphatic carbocycles. The molecule has 0 aliphatic heterocycles. The minimum atomic E-state index is 0.185. The topological polar surface area (TPSA) is 78.5 Å². The number of aromatic amines is 1. The highest BCUT2D eigenvalue weighted by atomic mass is 15.2. The zero-order valence-corrected chi connectivity index (χ0v) is 10.4. The molecule has 1 aromatic heterocycles. The van der Waals surface area contributed by atoms with Gasteiger partial charge in [-0.3, -0.25) is 5.10 Å². The molecule has 0 aromatic carbocycles. The summed E-state index contributed by atoms with van der Waals surface area (Å²) in [5.41, 5.74) is 7.64. The molecule has 1 heterocycles. The van der Waals surface area contributed by atoms with Crippen molar-refractivity contribution in [3.63, 3.8) is 0 Å². The lowest BCUT2D eigenvalue weighted by Crippen LogP contribution is -2.49. The molecular formula is C14H18N4. The van der Waals surface area contributed by atoms with Gasteiger partial charge in [-0.1, -0.05) is 0 Å². The summed E-state index contributed by atoms with van der Waals surface area (Å²) >= 11 is 0. The van der Waals surface area contributed by atoms with Crippen LogP contribution >= 0.6 is 0 Å². The molecule has 4 saturated carbocycles. The van der Waals surface area contributed by atoms with Gasteiger partial charge in [0.1, 0.15) is 11.6 Å². The molecule has 0 saturated heterocycles. The fraction of sp³-hybridized carbons (Fsp3) is 0.714. The number of rotatable bonds is 1. The van der Waals surface area contributed by atoms with Crippen LogP contribution in [0.2, 0.25) is 0 Å². The first-order valence-corrected chi connectivity index (χ1v) is 6.94. The second-order valence-electron chi connectivity index (χ2n) is 6.67. The van der Waals surface area contributed by atoms with E-state index in [0.717, 1.165) is 23.4 Å². The van der Waals surface area contributed by atoms with Gasteiger partial charge in [-0.25, -0.2) is 0 Å². The van der Waals surface area contributed by atoms with E-state index in [1.165, 1.54) is 38.5 Å². The van der Waals surface area contributed by atoms with Gasteiger partial charge in [0.2, 0.25) is 0 Å². The van der Waals surface area contributed by atoms with Gasteiger partial charge >= 0.3 is 0 Å². The van der Waals surface area contributed by atoms with Gasteiger partial charge in [-0.2, -0.15) is 10.4 Å². The number of nitriles is 1. The highest BCUT2D eigenvalue weighted by Crippen LogP contribution is 2.60. The van der Waals surface area contributed by atoms with Crippen LogP contribution in [-0.4, -0.2) is 10.2 Å². The molecule has 0 radical (unpaired) electrons. The lowest BCUT2D eigenvalue weighted by atomic mass is 9.48. The van der Waals surface area contributed by atoms with Crippen LogP contribution in [-0.2, 0) is 5.41 Å². The molecule has 94 valence electrons. The van der Waals surface area contributed by atoms with E-state index < -0.39 is 0 Å². The largest absolute Gasteiger partial charge is 0.381 e. The fourth-order valence-electron chi connectivity index (χ4n) is 5.27. The van der Waals surface area contributed by atoms with Crippen molar-refractivity contribution < 1.29 is 0 Å². The first-order valence-electron chi connectivity index (χ1n) is 6.94. The van der Waals surface area contributed by atoms with Gasteiger partial charge in [-0.15, -0.1) is 0 Å². The van der Waals surface area contributed by atoms with Crippen molar-refractivity contribution in [2.45, 2.75) is 43.9 Å². The summed E-state index contributed by atoms with van der Waals surface area (Å²) in [5.74, 6) is 2.98. The van der Waals surface area contributed by atoms with Crippen LogP contribution in [0.25, 0.3) is 0 Å². The molecule has 5 rings (SSSR count). The van der Waals surface area contributed by atoms with Gasteiger partial charge < -0.3 is 5.73 Å². The summed E-state index contributed by atoms with van der Waals surface area (Å²) in [4.78, 5) is 0. The van der Waals surface area contributed by atoms with Crippen molar-refractivity contribution in [1.29, 1.82) is 5.26 Å². The first-order chi connectivity index (χ1) is 8.70. The van der Waals surface area contributed by atoms with Crippen molar-refractivity contribution in [2.75, 3.05) is 5.73 Å². The highest BCUT2D eigenvalue weighted by molar-refractivity contribution is 5.53. The van der Waals surface area contributed by atoms with Crippen molar-refractivity contribution in [1.82, 2.24) is 10.2 Å². The van der Waals surface area contributed by atoms with Crippen LogP contribution in [0.15, 0.2) is 0 Å². The Bertz CT molecular complexity index is 501. The van der Waals surface area contributed by atoms with Crippen molar-refractivity contribution in [3.05, 3.63) is 11.3 Å². The van der Waals surface area contributed by atoms with E-state index in [-0.39, 0.29) is 5.41 Å². The Kier molecular flexibility index (Phi) is 1.90. The van der Waals surface area contributed by atoms with Crippen LogP contribution in [0.5, 0.6) is 0 Å². The number of hydrogen-bond donors (Lipinski definition) is 2. The summed E-state index contributed by atoms with van der Waals surface area (Å²) < 4.78 is 0. The lowest BCUT2D eigenvalue weighted by Gasteiger charge is -2.56. The van der Waals surface area contributed by atoms with Crippen LogP contribution in [0, 0.1) is 29.1 Å². The third-order valence-electron chi connectivity index (χ3n) is 5.47. The molecule has 4 nitrogen and oxygen atoms in total. The number of nitrogens with two attached hydrogens (primary N) is 1. The Morgan fingerprint density at radius 1 is 1.17 bits per heavy atom. The zero-order chi connectivity index (χ0) is 12.3. The average molecular weight is 242 g/mol. The van der Waals surface area contributed by atoms with E-state index in [9.17, 15) is 5.26 Å². The number of nitrogen functional groups attached to an aromatic ring is 1. The molecule has 0 unspecified atom stereocenters. The Labute approximate surface area is 107 Å². The molecule has 0 spiro atoms. The maximum absolute atomic E-state index is 9.30. The molecule has 18 heavy (non-hydrogen) atoms.